The second-order valence-corrected chi connectivity index (χ2v) is 8.18. The van der Waals surface area contributed by atoms with Gasteiger partial charge in [0.25, 0.3) is 0 Å². The summed E-state index contributed by atoms with van der Waals surface area (Å²) in [5.74, 6) is 0.152. The molecule has 9 heteroatoms. The molecular formula is C20H22N3NaO4S. The summed E-state index contributed by atoms with van der Waals surface area (Å²) in [5.41, 5.74) is 3.02. The monoisotopic (exact) mass is 423 g/mol. The van der Waals surface area contributed by atoms with Gasteiger partial charge in [-0.25, -0.2) is 0 Å². The van der Waals surface area contributed by atoms with Gasteiger partial charge < -0.3 is 24.2 Å². The van der Waals surface area contributed by atoms with Crippen LogP contribution in [0.15, 0.2) is 41.7 Å². The minimum absolute atomic E-state index is 0. The maximum atomic E-state index is 12.8. The van der Waals surface area contributed by atoms with Crippen LogP contribution < -0.4 is 39.3 Å². The molecule has 3 aromatic rings. The molecule has 0 radical (unpaired) electrons. The van der Waals surface area contributed by atoms with Gasteiger partial charge in [0.05, 0.1) is 35.5 Å². The average molecular weight is 423 g/mol. The summed E-state index contributed by atoms with van der Waals surface area (Å²) in [6.45, 7) is 5.37. The first-order valence-electron chi connectivity index (χ1n) is 9.17. The molecule has 1 unspecified atom stereocenters. The van der Waals surface area contributed by atoms with Gasteiger partial charge in [0, 0.05) is 16.9 Å². The summed E-state index contributed by atoms with van der Waals surface area (Å²) in [7, 11) is -1.39. The van der Waals surface area contributed by atoms with Crippen LogP contribution in [0.5, 0.6) is 5.75 Å². The van der Waals surface area contributed by atoms with Crippen molar-refractivity contribution < 1.29 is 48.0 Å². The van der Waals surface area contributed by atoms with E-state index in [4.69, 9.17) is 14.2 Å². The topological polar surface area (TPSA) is 84.6 Å². The van der Waals surface area contributed by atoms with Crippen LogP contribution in [0.25, 0.3) is 11.0 Å². The van der Waals surface area contributed by atoms with E-state index in [0.29, 0.717) is 29.8 Å². The van der Waals surface area contributed by atoms with E-state index in [2.05, 4.69) is 15.0 Å². The third-order valence-corrected chi connectivity index (χ3v) is 5.76. The van der Waals surface area contributed by atoms with Gasteiger partial charge >= 0.3 is 29.6 Å². The first-order valence-corrected chi connectivity index (χ1v) is 10.5. The molecule has 0 spiro atoms. The number of benzene rings is 1. The molecule has 3 heterocycles. The number of pyridine rings is 1. The van der Waals surface area contributed by atoms with Crippen LogP contribution in [-0.4, -0.2) is 39.8 Å². The van der Waals surface area contributed by atoms with Gasteiger partial charge in [0.15, 0.2) is 5.79 Å². The van der Waals surface area contributed by atoms with Gasteiger partial charge in [-0.15, -0.1) is 0 Å². The van der Waals surface area contributed by atoms with E-state index in [-0.39, 0.29) is 41.9 Å². The summed E-state index contributed by atoms with van der Waals surface area (Å²) in [6, 6.07) is 9.28. The van der Waals surface area contributed by atoms with E-state index in [9.17, 15) is 4.21 Å². The van der Waals surface area contributed by atoms with Gasteiger partial charge in [-0.3, -0.25) is 9.19 Å². The average Bonchev–Trinajstić information content (AvgIpc) is 3.14. The largest absolute Gasteiger partial charge is 1.00 e. The predicted molar refractivity (Wildman–Crippen MR) is 105 cm³/mol. The Kier molecular flexibility index (Phi) is 7.47. The Labute approximate surface area is 194 Å². The molecule has 0 N–H and O–H groups in total. The third kappa shape index (κ3) is 5.25. The normalized spacial score (nSPS) is 16.9. The van der Waals surface area contributed by atoms with Crippen LogP contribution in [0.2, 0.25) is 0 Å². The smallest absolute Gasteiger partial charge is 0.488 e. The van der Waals surface area contributed by atoms with Crippen LogP contribution in [0.1, 0.15) is 24.6 Å². The molecule has 2 aromatic heterocycles. The Morgan fingerprint density at radius 2 is 2.00 bits per heavy atom. The number of rotatable bonds is 6. The van der Waals surface area contributed by atoms with Crippen molar-refractivity contribution >= 4 is 21.8 Å². The second kappa shape index (κ2) is 9.68. The molecule has 1 aliphatic rings. The Morgan fingerprint density at radius 3 is 2.76 bits per heavy atom. The molecule has 0 bridgehead atoms. The molecule has 1 atom stereocenters. The molecular weight excluding hydrogens is 401 g/mol. The Hall–Kier alpha value is -1.29. The quantitative estimate of drug-likeness (QED) is 0.505. The minimum atomic E-state index is -1.39. The minimum Gasteiger partial charge on any atom is -0.488 e. The number of nitrogens with zero attached hydrogens (tertiary/aromatic N) is 3. The van der Waals surface area contributed by atoms with Crippen LogP contribution in [0, 0.1) is 6.92 Å². The summed E-state index contributed by atoms with van der Waals surface area (Å²) >= 11 is 0. The molecule has 7 nitrogen and oxygen atoms in total. The number of para-hydroxylation sites is 2. The summed E-state index contributed by atoms with van der Waals surface area (Å²) in [4.78, 5) is 13.1. The number of imidazole rings is 1. The number of hydrogen-bond acceptors (Lipinski definition) is 6. The van der Waals surface area contributed by atoms with Crippen molar-refractivity contribution in [2.24, 2.45) is 0 Å². The number of hydrogen-bond donors (Lipinski definition) is 0. The molecule has 1 saturated heterocycles. The van der Waals surface area contributed by atoms with Crippen molar-refractivity contribution in [3.05, 3.63) is 47.8 Å². The number of aromatic nitrogens is 3. The standard InChI is InChI=1S/C20H22N3O4S.Na/c1-14-17(12-28(24)19-22-15-6-3-4-7-16(15)23-19)21-9-8-18(14)25-13-20(2)26-10-5-11-27-20;/h3-4,6-9H,5,10-13H2,1-2H3;/q-1;+1. The summed E-state index contributed by atoms with van der Waals surface area (Å²) in [5, 5.41) is 0.324. The second-order valence-electron chi connectivity index (χ2n) is 6.84. The fourth-order valence-electron chi connectivity index (χ4n) is 3.00. The number of ether oxygens (including phenoxy) is 3. The van der Waals surface area contributed by atoms with Gasteiger partial charge in [-0.1, -0.05) is 24.3 Å². The van der Waals surface area contributed by atoms with Crippen LogP contribution in [0.3, 0.4) is 0 Å². The van der Waals surface area contributed by atoms with Crippen molar-refractivity contribution in [1.82, 2.24) is 15.0 Å². The maximum Gasteiger partial charge on any atom is 1.00 e. The molecule has 1 fully saturated rings. The Morgan fingerprint density at radius 1 is 1.24 bits per heavy atom. The van der Waals surface area contributed by atoms with Crippen LogP contribution >= 0.6 is 0 Å². The predicted octanol–water partition coefficient (Wildman–Crippen LogP) is -0.261. The van der Waals surface area contributed by atoms with Gasteiger partial charge in [0.1, 0.15) is 12.4 Å². The molecule has 4 rings (SSSR count). The van der Waals surface area contributed by atoms with Gasteiger partial charge in [0.2, 0.25) is 0 Å². The Balaban J connectivity index is 0.00000240. The molecule has 0 saturated carbocycles. The molecule has 0 amide bonds. The van der Waals surface area contributed by atoms with Gasteiger partial charge in [-0.05, 0) is 37.4 Å². The third-order valence-electron chi connectivity index (χ3n) is 4.64. The Bertz CT molecular complexity index is 971. The van der Waals surface area contributed by atoms with E-state index in [1.54, 1.807) is 12.3 Å². The molecule has 1 aliphatic heterocycles. The van der Waals surface area contributed by atoms with Crippen molar-refractivity contribution in [1.29, 1.82) is 0 Å². The molecule has 148 valence electrons. The maximum absolute atomic E-state index is 12.8. The van der Waals surface area contributed by atoms with E-state index in [0.717, 1.165) is 23.0 Å². The van der Waals surface area contributed by atoms with Crippen molar-refractivity contribution in [3.63, 3.8) is 0 Å². The first-order chi connectivity index (χ1) is 13.5. The zero-order chi connectivity index (χ0) is 19.6. The summed E-state index contributed by atoms with van der Waals surface area (Å²) in [6.07, 6.45) is 2.54. The van der Waals surface area contributed by atoms with E-state index < -0.39 is 16.6 Å². The zero-order valence-electron chi connectivity index (χ0n) is 16.9. The summed E-state index contributed by atoms with van der Waals surface area (Å²) < 4.78 is 30.1. The fourth-order valence-corrected chi connectivity index (χ4v) is 4.07. The molecule has 29 heavy (non-hydrogen) atoms. The molecule has 1 aromatic carbocycles. The van der Waals surface area contributed by atoms with E-state index >= 15 is 0 Å². The zero-order valence-corrected chi connectivity index (χ0v) is 19.7. The van der Waals surface area contributed by atoms with Crippen LogP contribution in [0.4, 0.5) is 0 Å². The van der Waals surface area contributed by atoms with E-state index in [1.807, 2.05) is 38.1 Å². The number of fused-ring (bicyclic) bond motifs is 1. The first kappa shape index (κ1) is 22.4. The van der Waals surface area contributed by atoms with Crippen molar-refractivity contribution in [2.75, 3.05) is 19.8 Å². The molecule has 0 aliphatic carbocycles. The van der Waals surface area contributed by atoms with Gasteiger partial charge in [-0.2, -0.15) is 0 Å². The van der Waals surface area contributed by atoms with Crippen LogP contribution in [-0.2, 0) is 26.0 Å². The SMILES string of the molecule is Cc1c(OCC2(C)OCCCO2)ccnc1CS(=O)c1nc2ccccc2[n-]1.[Na+]. The van der Waals surface area contributed by atoms with Crippen molar-refractivity contribution in [2.45, 2.75) is 37.0 Å². The fraction of sp³-hybridized carbons (Fsp3) is 0.400. The van der Waals surface area contributed by atoms with Crippen molar-refractivity contribution in [3.8, 4) is 5.75 Å². The van der Waals surface area contributed by atoms with E-state index in [1.165, 1.54) is 0 Å².